The number of hydrogen-bond donors (Lipinski definition) is 1. The van der Waals surface area contributed by atoms with E-state index in [0.29, 0.717) is 17.1 Å². The first-order valence-corrected chi connectivity index (χ1v) is 6.90. The Balaban J connectivity index is 2.24. The van der Waals surface area contributed by atoms with Crippen LogP contribution in [-0.2, 0) is 0 Å². The molecule has 1 N–H and O–H groups in total. The molecule has 2 aromatic carbocycles. The van der Waals surface area contributed by atoms with Crippen LogP contribution in [0.15, 0.2) is 42.5 Å². The summed E-state index contributed by atoms with van der Waals surface area (Å²) in [7, 11) is 4.56. The second-order valence-corrected chi connectivity index (χ2v) is 4.73. The fraction of sp³-hybridized carbons (Fsp3) is 0.167. The molecule has 0 aliphatic carbocycles. The maximum Gasteiger partial charge on any atom is 0.185 e. The zero-order valence-corrected chi connectivity index (χ0v) is 13.2. The summed E-state index contributed by atoms with van der Waals surface area (Å²) in [6, 6.07) is 9.80. The molecule has 2 rings (SSSR count). The number of hydrogen-bond acceptors (Lipinski definition) is 5. The highest BCUT2D eigenvalue weighted by atomic mass is 16.5. The smallest absolute Gasteiger partial charge is 0.185 e. The molecular weight excluding hydrogens is 296 g/mol. The summed E-state index contributed by atoms with van der Waals surface area (Å²) < 4.78 is 15.4. The second-order valence-electron chi connectivity index (χ2n) is 4.73. The maximum absolute atomic E-state index is 12.2. The standard InChI is InChI=1S/C18H18O5/c1-21-14-8-12(9-15(11-14)22-2)4-6-16(19)13-5-7-17(20)18(10-13)23-3/h4-11,20H,1-3H3/b6-4+. The van der Waals surface area contributed by atoms with E-state index in [2.05, 4.69) is 0 Å². The first kappa shape index (κ1) is 16.4. The minimum atomic E-state index is -0.204. The Morgan fingerprint density at radius 1 is 0.957 bits per heavy atom. The van der Waals surface area contributed by atoms with Gasteiger partial charge in [0.2, 0.25) is 0 Å². The lowest BCUT2D eigenvalue weighted by molar-refractivity contribution is 0.104. The molecule has 0 aliphatic rings. The number of aromatic hydroxyl groups is 1. The molecular formula is C18H18O5. The van der Waals surface area contributed by atoms with Crippen LogP contribution in [0, 0.1) is 0 Å². The summed E-state index contributed by atoms with van der Waals surface area (Å²) in [6.45, 7) is 0. The van der Waals surface area contributed by atoms with Crippen LogP contribution in [0.2, 0.25) is 0 Å². The molecule has 0 aliphatic heterocycles. The van der Waals surface area contributed by atoms with Gasteiger partial charge in [0.25, 0.3) is 0 Å². The van der Waals surface area contributed by atoms with Crippen LogP contribution in [0.1, 0.15) is 15.9 Å². The lowest BCUT2D eigenvalue weighted by atomic mass is 10.1. The Morgan fingerprint density at radius 3 is 2.17 bits per heavy atom. The Labute approximate surface area is 134 Å². The Bertz CT molecular complexity index is 712. The minimum Gasteiger partial charge on any atom is -0.504 e. The molecule has 0 spiro atoms. The van der Waals surface area contributed by atoms with Gasteiger partial charge in [-0.1, -0.05) is 6.08 Å². The number of carbonyl (C=O) groups is 1. The van der Waals surface area contributed by atoms with Crippen molar-refractivity contribution in [2.24, 2.45) is 0 Å². The van der Waals surface area contributed by atoms with Crippen LogP contribution in [0.25, 0.3) is 6.08 Å². The zero-order chi connectivity index (χ0) is 16.8. The summed E-state index contributed by atoms with van der Waals surface area (Å²) in [5.41, 5.74) is 1.20. The van der Waals surface area contributed by atoms with Crippen LogP contribution in [0.5, 0.6) is 23.0 Å². The largest absolute Gasteiger partial charge is 0.504 e. The first-order valence-electron chi connectivity index (χ1n) is 6.90. The lowest BCUT2D eigenvalue weighted by Gasteiger charge is -2.06. The Kier molecular flexibility index (Phi) is 5.25. The highest BCUT2D eigenvalue weighted by molar-refractivity contribution is 6.07. The molecule has 0 heterocycles. The summed E-state index contributed by atoms with van der Waals surface area (Å²) in [5.74, 6) is 1.33. The van der Waals surface area contributed by atoms with E-state index in [9.17, 15) is 9.90 Å². The molecule has 0 aromatic heterocycles. The summed E-state index contributed by atoms with van der Waals surface area (Å²) in [6.07, 6.45) is 3.12. The number of rotatable bonds is 6. The van der Waals surface area contributed by atoms with Crippen molar-refractivity contribution in [3.05, 3.63) is 53.6 Å². The van der Waals surface area contributed by atoms with Crippen LogP contribution < -0.4 is 14.2 Å². The summed E-state index contributed by atoms with van der Waals surface area (Å²) in [4.78, 5) is 12.2. The molecule has 0 bridgehead atoms. The van der Waals surface area contributed by atoms with E-state index in [1.807, 2.05) is 0 Å². The highest BCUT2D eigenvalue weighted by Gasteiger charge is 2.07. The average molecular weight is 314 g/mol. The first-order chi connectivity index (χ1) is 11.1. The number of ketones is 1. The van der Waals surface area contributed by atoms with Gasteiger partial charge in [-0.05, 0) is 42.0 Å². The predicted molar refractivity (Wildman–Crippen MR) is 87.6 cm³/mol. The molecule has 0 unspecified atom stereocenters. The Hall–Kier alpha value is -2.95. The van der Waals surface area contributed by atoms with E-state index >= 15 is 0 Å². The number of allylic oxidation sites excluding steroid dienone is 1. The van der Waals surface area contributed by atoms with Crippen molar-refractivity contribution in [2.45, 2.75) is 0 Å². The van der Waals surface area contributed by atoms with Crippen molar-refractivity contribution in [3.8, 4) is 23.0 Å². The fourth-order valence-electron chi connectivity index (χ4n) is 2.02. The minimum absolute atomic E-state index is 0.00874. The third-order valence-electron chi connectivity index (χ3n) is 3.27. The van der Waals surface area contributed by atoms with Gasteiger partial charge in [-0.3, -0.25) is 4.79 Å². The van der Waals surface area contributed by atoms with Gasteiger partial charge in [0.15, 0.2) is 17.3 Å². The van der Waals surface area contributed by atoms with Gasteiger partial charge in [0.1, 0.15) is 11.5 Å². The van der Waals surface area contributed by atoms with Crippen LogP contribution in [0.4, 0.5) is 0 Å². The number of phenols is 1. The lowest BCUT2D eigenvalue weighted by Crippen LogP contribution is -1.95. The molecule has 5 nitrogen and oxygen atoms in total. The quantitative estimate of drug-likeness (QED) is 0.654. The van der Waals surface area contributed by atoms with E-state index < -0.39 is 0 Å². The second kappa shape index (κ2) is 7.35. The van der Waals surface area contributed by atoms with Crippen molar-refractivity contribution in [1.82, 2.24) is 0 Å². The van der Waals surface area contributed by atoms with E-state index in [1.54, 1.807) is 38.5 Å². The molecule has 0 saturated carbocycles. The highest BCUT2D eigenvalue weighted by Crippen LogP contribution is 2.27. The summed E-state index contributed by atoms with van der Waals surface area (Å²) >= 11 is 0. The van der Waals surface area contributed by atoms with E-state index in [0.717, 1.165) is 5.56 Å². The van der Waals surface area contributed by atoms with Crippen molar-refractivity contribution in [1.29, 1.82) is 0 Å². The predicted octanol–water partition coefficient (Wildman–Crippen LogP) is 3.31. The van der Waals surface area contributed by atoms with Gasteiger partial charge < -0.3 is 19.3 Å². The number of methoxy groups -OCH3 is 3. The monoisotopic (exact) mass is 314 g/mol. The van der Waals surface area contributed by atoms with Crippen molar-refractivity contribution in [3.63, 3.8) is 0 Å². The van der Waals surface area contributed by atoms with Gasteiger partial charge in [0, 0.05) is 11.6 Å². The SMILES string of the molecule is COc1cc(/C=C/C(=O)c2ccc(O)c(OC)c2)cc(OC)c1. The number of carbonyl (C=O) groups excluding carboxylic acids is 1. The van der Waals surface area contributed by atoms with E-state index in [1.165, 1.54) is 31.4 Å². The van der Waals surface area contributed by atoms with Gasteiger partial charge in [0.05, 0.1) is 21.3 Å². The normalized spacial score (nSPS) is 10.6. The van der Waals surface area contributed by atoms with Gasteiger partial charge in [-0.15, -0.1) is 0 Å². The fourth-order valence-corrected chi connectivity index (χ4v) is 2.02. The van der Waals surface area contributed by atoms with E-state index in [4.69, 9.17) is 14.2 Å². The molecule has 0 saturated heterocycles. The van der Waals surface area contributed by atoms with Crippen molar-refractivity contribution in [2.75, 3.05) is 21.3 Å². The zero-order valence-electron chi connectivity index (χ0n) is 13.2. The maximum atomic E-state index is 12.2. The van der Waals surface area contributed by atoms with Gasteiger partial charge >= 0.3 is 0 Å². The molecule has 23 heavy (non-hydrogen) atoms. The summed E-state index contributed by atoms with van der Waals surface area (Å²) in [5, 5.41) is 9.56. The Morgan fingerprint density at radius 2 is 1.61 bits per heavy atom. The van der Waals surface area contributed by atoms with Crippen LogP contribution in [-0.4, -0.2) is 32.2 Å². The molecule has 0 radical (unpaired) electrons. The number of ether oxygens (including phenoxy) is 3. The van der Waals surface area contributed by atoms with Crippen LogP contribution >= 0.6 is 0 Å². The molecule has 0 atom stereocenters. The third-order valence-corrected chi connectivity index (χ3v) is 3.27. The molecule has 0 amide bonds. The average Bonchev–Trinajstić information content (AvgIpc) is 2.59. The molecule has 5 heteroatoms. The van der Waals surface area contributed by atoms with Crippen LogP contribution in [0.3, 0.4) is 0 Å². The number of phenolic OH excluding ortho intramolecular Hbond substituents is 1. The van der Waals surface area contributed by atoms with E-state index in [-0.39, 0.29) is 17.3 Å². The third kappa shape index (κ3) is 4.03. The van der Waals surface area contributed by atoms with Gasteiger partial charge in [-0.25, -0.2) is 0 Å². The molecule has 0 fully saturated rings. The topological polar surface area (TPSA) is 65.0 Å². The van der Waals surface area contributed by atoms with Crippen molar-refractivity contribution < 1.29 is 24.1 Å². The van der Waals surface area contributed by atoms with Gasteiger partial charge in [-0.2, -0.15) is 0 Å². The number of benzene rings is 2. The van der Waals surface area contributed by atoms with Crippen molar-refractivity contribution >= 4 is 11.9 Å². The molecule has 2 aromatic rings. The molecule has 120 valence electrons.